The number of aromatic hydroxyl groups is 1. The van der Waals surface area contributed by atoms with Crippen molar-refractivity contribution in [2.45, 2.75) is 11.9 Å². The number of aliphatic hydroxyl groups excluding tert-OH is 1. The van der Waals surface area contributed by atoms with E-state index in [-0.39, 0.29) is 24.5 Å². The van der Waals surface area contributed by atoms with Crippen LogP contribution in [0.1, 0.15) is 5.56 Å². The lowest BCUT2D eigenvalue weighted by Crippen LogP contribution is -2.26. The van der Waals surface area contributed by atoms with Gasteiger partial charge in [-0.3, -0.25) is 0 Å². The Bertz CT molecular complexity index is 503. The molecule has 0 amide bonds. The van der Waals surface area contributed by atoms with Gasteiger partial charge < -0.3 is 20.7 Å². The van der Waals surface area contributed by atoms with Gasteiger partial charge in [-0.2, -0.15) is 0 Å². The van der Waals surface area contributed by atoms with Gasteiger partial charge in [-0.15, -0.1) is 0 Å². The first kappa shape index (κ1) is 14.7. The summed E-state index contributed by atoms with van der Waals surface area (Å²) in [6, 6.07) is 4.10. The van der Waals surface area contributed by atoms with E-state index >= 15 is 0 Å². The predicted octanol–water partition coefficient (Wildman–Crippen LogP) is -1.12. The summed E-state index contributed by atoms with van der Waals surface area (Å²) >= 11 is 0. The van der Waals surface area contributed by atoms with Crippen molar-refractivity contribution in [2.75, 3.05) is 13.2 Å². The van der Waals surface area contributed by atoms with Crippen LogP contribution in [0.15, 0.2) is 18.2 Å². The Kier molecular flexibility index (Phi) is 4.91. The Balaban J connectivity index is 2.81. The molecule has 6 N–H and O–H groups in total. The van der Waals surface area contributed by atoms with E-state index in [4.69, 9.17) is 15.6 Å². The number of hydrogen-bond acceptors (Lipinski definition) is 6. The first-order valence-corrected chi connectivity index (χ1v) is 6.86. The third-order valence-corrected chi connectivity index (χ3v) is 2.84. The number of primary sulfonamides is 1. The number of rotatable bonds is 6. The molecule has 7 nitrogen and oxygen atoms in total. The number of phenols is 1. The van der Waals surface area contributed by atoms with Crippen LogP contribution in [0.25, 0.3) is 0 Å². The number of phenolic OH excluding ortho intramolecular Hbond substituents is 1. The summed E-state index contributed by atoms with van der Waals surface area (Å²) in [5.41, 5.74) is 5.34. The van der Waals surface area contributed by atoms with E-state index in [1.54, 1.807) is 0 Å². The summed E-state index contributed by atoms with van der Waals surface area (Å²) in [6.45, 7) is 0.0399. The van der Waals surface area contributed by atoms with Crippen molar-refractivity contribution in [3.05, 3.63) is 23.8 Å². The molecular formula is C10H16N2O5S. The SMILES string of the molecule is NC[C@H](O)COc1ccc(O)c(CS(N)(=O)=O)c1. The molecule has 0 aliphatic carbocycles. The van der Waals surface area contributed by atoms with Gasteiger partial charge in [0.25, 0.3) is 0 Å². The van der Waals surface area contributed by atoms with Gasteiger partial charge in [0.1, 0.15) is 24.2 Å². The van der Waals surface area contributed by atoms with Crippen molar-refractivity contribution >= 4 is 10.0 Å². The number of aliphatic hydroxyl groups is 1. The summed E-state index contributed by atoms with van der Waals surface area (Å²) < 4.78 is 27.1. The molecule has 8 heteroatoms. The zero-order chi connectivity index (χ0) is 13.8. The minimum absolute atomic E-state index is 0.0178. The molecule has 1 aromatic carbocycles. The van der Waals surface area contributed by atoms with E-state index in [1.165, 1.54) is 18.2 Å². The van der Waals surface area contributed by atoms with Gasteiger partial charge >= 0.3 is 0 Å². The zero-order valence-corrected chi connectivity index (χ0v) is 10.4. The standard InChI is InChI=1S/C10H16N2O5S/c11-4-8(13)5-17-9-1-2-10(14)7(3-9)6-18(12,15)16/h1-3,8,13-14H,4-6,11H2,(H2,12,15,16)/t8-/m0/s1. The van der Waals surface area contributed by atoms with Crippen molar-refractivity contribution in [2.24, 2.45) is 10.9 Å². The van der Waals surface area contributed by atoms with Gasteiger partial charge in [-0.1, -0.05) is 0 Å². The highest BCUT2D eigenvalue weighted by Crippen LogP contribution is 2.24. The van der Waals surface area contributed by atoms with E-state index in [0.717, 1.165) is 0 Å². The summed E-state index contributed by atoms with van der Waals surface area (Å²) in [4.78, 5) is 0. The molecule has 0 saturated carbocycles. The van der Waals surface area contributed by atoms with Gasteiger partial charge in [0.2, 0.25) is 10.0 Å². The van der Waals surface area contributed by atoms with Crippen molar-refractivity contribution in [3.63, 3.8) is 0 Å². The molecule has 0 saturated heterocycles. The van der Waals surface area contributed by atoms with Crippen LogP contribution in [0.3, 0.4) is 0 Å². The van der Waals surface area contributed by atoms with Crippen LogP contribution in [0.4, 0.5) is 0 Å². The molecular weight excluding hydrogens is 260 g/mol. The highest BCUT2D eigenvalue weighted by molar-refractivity contribution is 7.88. The quantitative estimate of drug-likeness (QED) is 0.519. The van der Waals surface area contributed by atoms with Crippen LogP contribution in [0, 0.1) is 0 Å². The van der Waals surface area contributed by atoms with Crippen LogP contribution >= 0.6 is 0 Å². The lowest BCUT2D eigenvalue weighted by Gasteiger charge is -2.11. The first-order valence-electron chi connectivity index (χ1n) is 5.15. The van der Waals surface area contributed by atoms with E-state index in [2.05, 4.69) is 0 Å². The molecule has 102 valence electrons. The van der Waals surface area contributed by atoms with Crippen molar-refractivity contribution in [1.82, 2.24) is 0 Å². The molecule has 0 heterocycles. The second-order valence-electron chi connectivity index (χ2n) is 3.80. The monoisotopic (exact) mass is 276 g/mol. The summed E-state index contributed by atoms with van der Waals surface area (Å²) in [7, 11) is -3.74. The molecule has 1 aromatic rings. The van der Waals surface area contributed by atoms with E-state index in [9.17, 15) is 18.6 Å². The third-order valence-electron chi connectivity index (χ3n) is 2.12. The maximum atomic E-state index is 10.9. The van der Waals surface area contributed by atoms with Crippen LogP contribution < -0.4 is 15.6 Å². The molecule has 0 aliphatic rings. The second kappa shape index (κ2) is 6.01. The largest absolute Gasteiger partial charge is 0.508 e. The van der Waals surface area contributed by atoms with Crippen LogP contribution in [0.2, 0.25) is 0 Å². The van der Waals surface area contributed by atoms with Gasteiger partial charge in [0.15, 0.2) is 0 Å². The highest BCUT2D eigenvalue weighted by Gasteiger charge is 2.11. The fourth-order valence-corrected chi connectivity index (χ4v) is 1.91. The normalized spacial score (nSPS) is 13.3. The van der Waals surface area contributed by atoms with Gasteiger partial charge in [0, 0.05) is 12.1 Å². The Hall–Kier alpha value is -1.35. The number of sulfonamides is 1. The molecule has 18 heavy (non-hydrogen) atoms. The highest BCUT2D eigenvalue weighted by atomic mass is 32.2. The molecule has 0 aliphatic heterocycles. The van der Waals surface area contributed by atoms with Crippen molar-refractivity contribution < 1.29 is 23.4 Å². The lowest BCUT2D eigenvalue weighted by molar-refractivity contribution is 0.114. The zero-order valence-electron chi connectivity index (χ0n) is 9.61. The predicted molar refractivity (Wildman–Crippen MR) is 65.5 cm³/mol. The number of nitrogens with two attached hydrogens (primary N) is 2. The summed E-state index contributed by atoms with van der Waals surface area (Å²) in [5.74, 6) is -0.357. The van der Waals surface area contributed by atoms with Gasteiger partial charge in [0.05, 0.1) is 5.75 Å². The smallest absolute Gasteiger partial charge is 0.213 e. The van der Waals surface area contributed by atoms with Crippen LogP contribution in [-0.4, -0.2) is 37.9 Å². The molecule has 1 atom stereocenters. The Morgan fingerprint density at radius 3 is 2.61 bits per heavy atom. The average molecular weight is 276 g/mol. The Morgan fingerprint density at radius 1 is 1.39 bits per heavy atom. The maximum Gasteiger partial charge on any atom is 0.213 e. The topological polar surface area (TPSA) is 136 Å². The Morgan fingerprint density at radius 2 is 2.06 bits per heavy atom. The second-order valence-corrected chi connectivity index (χ2v) is 5.41. The number of ether oxygens (including phenoxy) is 1. The third kappa shape index (κ3) is 4.88. The van der Waals surface area contributed by atoms with Crippen molar-refractivity contribution in [3.8, 4) is 11.5 Å². The molecule has 0 bridgehead atoms. The molecule has 1 rings (SSSR count). The molecule has 0 unspecified atom stereocenters. The van der Waals surface area contributed by atoms with E-state index < -0.39 is 21.9 Å². The fraction of sp³-hybridized carbons (Fsp3) is 0.400. The van der Waals surface area contributed by atoms with Crippen LogP contribution in [0.5, 0.6) is 11.5 Å². The van der Waals surface area contributed by atoms with E-state index in [0.29, 0.717) is 5.75 Å². The molecule has 0 radical (unpaired) electrons. The Labute approximate surface area is 105 Å². The summed E-state index contributed by atoms with van der Waals surface area (Å²) in [6.07, 6.45) is -0.805. The number of hydrogen-bond donors (Lipinski definition) is 4. The minimum Gasteiger partial charge on any atom is -0.508 e. The molecule has 0 aromatic heterocycles. The van der Waals surface area contributed by atoms with E-state index in [1.807, 2.05) is 0 Å². The van der Waals surface area contributed by atoms with Crippen molar-refractivity contribution in [1.29, 1.82) is 0 Å². The number of benzene rings is 1. The minimum atomic E-state index is -3.74. The van der Waals surface area contributed by atoms with Gasteiger partial charge in [-0.25, -0.2) is 13.6 Å². The molecule has 0 fully saturated rings. The van der Waals surface area contributed by atoms with Gasteiger partial charge in [-0.05, 0) is 18.2 Å². The van der Waals surface area contributed by atoms with Crippen LogP contribution in [-0.2, 0) is 15.8 Å². The summed E-state index contributed by atoms with van der Waals surface area (Å²) in [5, 5.41) is 23.6. The average Bonchev–Trinajstić information content (AvgIpc) is 2.28. The fourth-order valence-electron chi connectivity index (χ4n) is 1.24. The maximum absolute atomic E-state index is 10.9. The first-order chi connectivity index (χ1) is 8.31. The lowest BCUT2D eigenvalue weighted by atomic mass is 10.2. The molecule has 0 spiro atoms.